The lowest BCUT2D eigenvalue weighted by atomic mass is 10.1. The van der Waals surface area contributed by atoms with E-state index in [2.05, 4.69) is 5.32 Å². The normalized spacial score (nSPS) is 13.8. The zero-order valence-corrected chi connectivity index (χ0v) is 12.5. The topological polar surface area (TPSA) is 58.6 Å². The zero-order valence-electron chi connectivity index (χ0n) is 12.5. The Kier molecular flexibility index (Phi) is 3.97. The molecule has 0 spiro atoms. The maximum absolute atomic E-state index is 13.6. The molecular weight excluding hydrogens is 299 g/mol. The Morgan fingerprint density at radius 3 is 2.83 bits per heavy atom. The number of carbonyl (C=O) groups excluding carboxylic acids is 2. The highest BCUT2D eigenvalue weighted by atomic mass is 19.1. The molecule has 23 heavy (non-hydrogen) atoms. The van der Waals surface area contributed by atoms with E-state index in [1.807, 2.05) is 0 Å². The van der Waals surface area contributed by atoms with Gasteiger partial charge in [-0.1, -0.05) is 12.1 Å². The minimum absolute atomic E-state index is 0.0536. The molecule has 1 aliphatic heterocycles. The first-order chi connectivity index (χ1) is 11.1. The Labute approximate surface area is 132 Å². The number of nitrogens with zero attached hydrogens (tertiary/aromatic N) is 1. The second kappa shape index (κ2) is 6.08. The molecule has 1 heterocycles. The minimum Gasteiger partial charge on any atom is -0.491 e. The Balaban J connectivity index is 1.88. The lowest BCUT2D eigenvalue weighted by molar-refractivity contribution is 0.0796. The number of ether oxygens (including phenoxy) is 1. The second-order valence-electron chi connectivity index (χ2n) is 5.22. The van der Waals surface area contributed by atoms with Crippen molar-refractivity contribution in [2.75, 3.05) is 25.5 Å². The summed E-state index contributed by atoms with van der Waals surface area (Å²) in [6.07, 6.45) is 0. The van der Waals surface area contributed by atoms with Crippen molar-refractivity contribution in [1.82, 2.24) is 4.90 Å². The van der Waals surface area contributed by atoms with Gasteiger partial charge in [-0.05, 0) is 30.3 Å². The molecular formula is C17H15FN2O3. The number of anilines is 1. The van der Waals surface area contributed by atoms with Crippen LogP contribution in [0.1, 0.15) is 20.7 Å². The number of nitrogens with one attached hydrogen (secondary N) is 1. The molecule has 3 rings (SSSR count). The number of fused-ring (bicyclic) bond motifs is 1. The van der Waals surface area contributed by atoms with Crippen LogP contribution in [0.2, 0.25) is 0 Å². The van der Waals surface area contributed by atoms with Gasteiger partial charge in [-0.3, -0.25) is 9.59 Å². The van der Waals surface area contributed by atoms with Gasteiger partial charge in [-0.2, -0.15) is 0 Å². The van der Waals surface area contributed by atoms with Gasteiger partial charge in [0.05, 0.1) is 17.7 Å². The molecule has 0 radical (unpaired) electrons. The van der Waals surface area contributed by atoms with Gasteiger partial charge in [0.2, 0.25) is 0 Å². The minimum atomic E-state index is -0.598. The number of hydrogen-bond donors (Lipinski definition) is 1. The van der Waals surface area contributed by atoms with Crippen LogP contribution >= 0.6 is 0 Å². The molecule has 2 aromatic carbocycles. The number of amides is 2. The summed E-state index contributed by atoms with van der Waals surface area (Å²) in [5, 5.41) is 2.60. The maximum atomic E-state index is 13.6. The molecule has 2 aromatic rings. The van der Waals surface area contributed by atoms with Crippen LogP contribution in [0.15, 0.2) is 42.5 Å². The molecule has 0 atom stereocenters. The summed E-state index contributed by atoms with van der Waals surface area (Å²) in [6, 6.07) is 10.5. The largest absolute Gasteiger partial charge is 0.491 e. The first kappa shape index (κ1) is 15.0. The summed E-state index contributed by atoms with van der Waals surface area (Å²) < 4.78 is 19.2. The third-order valence-corrected chi connectivity index (χ3v) is 3.62. The van der Waals surface area contributed by atoms with Crippen molar-refractivity contribution in [2.24, 2.45) is 0 Å². The van der Waals surface area contributed by atoms with Crippen molar-refractivity contribution in [2.45, 2.75) is 0 Å². The molecule has 0 saturated heterocycles. The van der Waals surface area contributed by atoms with E-state index in [0.29, 0.717) is 30.2 Å². The Morgan fingerprint density at radius 1 is 1.26 bits per heavy atom. The van der Waals surface area contributed by atoms with Crippen molar-refractivity contribution in [1.29, 1.82) is 0 Å². The van der Waals surface area contributed by atoms with E-state index < -0.39 is 11.7 Å². The van der Waals surface area contributed by atoms with Crippen LogP contribution in [0.3, 0.4) is 0 Å². The molecule has 118 valence electrons. The molecule has 6 heteroatoms. The van der Waals surface area contributed by atoms with Crippen LogP contribution in [0.4, 0.5) is 10.1 Å². The van der Waals surface area contributed by atoms with E-state index in [1.54, 1.807) is 30.1 Å². The van der Waals surface area contributed by atoms with Crippen LogP contribution in [0.5, 0.6) is 5.75 Å². The lowest BCUT2D eigenvalue weighted by Crippen LogP contribution is -2.27. The highest BCUT2D eigenvalue weighted by Gasteiger charge is 2.21. The molecule has 0 aromatic heterocycles. The molecule has 1 N–H and O–H groups in total. The first-order valence-corrected chi connectivity index (χ1v) is 7.14. The smallest absolute Gasteiger partial charge is 0.258 e. The maximum Gasteiger partial charge on any atom is 0.258 e. The van der Waals surface area contributed by atoms with Gasteiger partial charge in [-0.25, -0.2) is 4.39 Å². The fourth-order valence-corrected chi connectivity index (χ4v) is 2.34. The van der Waals surface area contributed by atoms with Gasteiger partial charge in [0.15, 0.2) is 0 Å². The monoisotopic (exact) mass is 314 g/mol. The van der Waals surface area contributed by atoms with Gasteiger partial charge >= 0.3 is 0 Å². The lowest BCUT2D eigenvalue weighted by Gasteiger charge is -2.13. The predicted molar refractivity (Wildman–Crippen MR) is 83.3 cm³/mol. The Morgan fingerprint density at radius 2 is 2.04 bits per heavy atom. The third-order valence-electron chi connectivity index (χ3n) is 3.62. The van der Waals surface area contributed by atoms with E-state index in [9.17, 15) is 14.0 Å². The van der Waals surface area contributed by atoms with Crippen molar-refractivity contribution in [3.8, 4) is 5.75 Å². The SMILES string of the molecule is CN1CCOc2ccc(NC(=O)c3ccccc3F)cc2C1=O. The quantitative estimate of drug-likeness (QED) is 0.927. The molecule has 0 saturated carbocycles. The van der Waals surface area contributed by atoms with Gasteiger partial charge in [0.25, 0.3) is 11.8 Å². The molecule has 0 unspecified atom stereocenters. The average Bonchev–Trinajstić information content (AvgIpc) is 2.68. The first-order valence-electron chi connectivity index (χ1n) is 7.14. The average molecular weight is 314 g/mol. The molecule has 0 aliphatic carbocycles. The van der Waals surface area contributed by atoms with Crippen LogP contribution in [0.25, 0.3) is 0 Å². The summed E-state index contributed by atoms with van der Waals surface area (Å²) in [4.78, 5) is 26.0. The fraction of sp³-hybridized carbons (Fsp3) is 0.176. The molecule has 5 nitrogen and oxygen atoms in total. The number of likely N-dealkylation sites (N-methyl/N-ethyl adjacent to an activating group) is 1. The van der Waals surface area contributed by atoms with Gasteiger partial charge in [0, 0.05) is 12.7 Å². The van der Waals surface area contributed by atoms with E-state index >= 15 is 0 Å². The van der Waals surface area contributed by atoms with E-state index in [1.165, 1.54) is 24.3 Å². The van der Waals surface area contributed by atoms with Crippen LogP contribution in [-0.2, 0) is 0 Å². The van der Waals surface area contributed by atoms with Crippen molar-refractivity contribution < 1.29 is 18.7 Å². The number of benzene rings is 2. The molecule has 2 amide bonds. The van der Waals surface area contributed by atoms with E-state index in [4.69, 9.17) is 4.74 Å². The number of halogens is 1. The van der Waals surface area contributed by atoms with Crippen molar-refractivity contribution in [3.63, 3.8) is 0 Å². The highest BCUT2D eigenvalue weighted by Crippen LogP contribution is 2.26. The predicted octanol–water partition coefficient (Wildman–Crippen LogP) is 2.54. The van der Waals surface area contributed by atoms with E-state index in [-0.39, 0.29) is 11.5 Å². The third kappa shape index (κ3) is 3.01. The Hall–Kier alpha value is -2.89. The number of rotatable bonds is 2. The second-order valence-corrected chi connectivity index (χ2v) is 5.22. The number of carbonyl (C=O) groups is 2. The van der Waals surface area contributed by atoms with Crippen LogP contribution in [-0.4, -0.2) is 36.9 Å². The van der Waals surface area contributed by atoms with Crippen LogP contribution < -0.4 is 10.1 Å². The molecule has 0 fully saturated rings. The zero-order chi connectivity index (χ0) is 16.4. The number of hydrogen-bond acceptors (Lipinski definition) is 3. The molecule has 1 aliphatic rings. The van der Waals surface area contributed by atoms with Gasteiger partial charge < -0.3 is 15.0 Å². The van der Waals surface area contributed by atoms with Crippen molar-refractivity contribution in [3.05, 3.63) is 59.4 Å². The Bertz CT molecular complexity index is 776. The molecule has 0 bridgehead atoms. The highest BCUT2D eigenvalue weighted by molar-refractivity contribution is 6.05. The van der Waals surface area contributed by atoms with Gasteiger partial charge in [-0.15, -0.1) is 0 Å². The van der Waals surface area contributed by atoms with E-state index in [0.717, 1.165) is 0 Å². The summed E-state index contributed by atoms with van der Waals surface area (Å²) in [5.41, 5.74) is 0.725. The fourth-order valence-electron chi connectivity index (χ4n) is 2.34. The van der Waals surface area contributed by atoms with Crippen LogP contribution in [0, 0.1) is 5.82 Å². The standard InChI is InChI=1S/C17H15FN2O3/c1-20-8-9-23-15-7-6-11(10-13(15)17(20)22)19-16(21)12-4-2-3-5-14(12)18/h2-7,10H,8-9H2,1H3,(H,19,21). The summed E-state index contributed by atoms with van der Waals surface area (Å²) in [7, 11) is 1.69. The van der Waals surface area contributed by atoms with Gasteiger partial charge in [0.1, 0.15) is 18.2 Å². The summed E-state index contributed by atoms with van der Waals surface area (Å²) in [6.45, 7) is 0.903. The summed E-state index contributed by atoms with van der Waals surface area (Å²) in [5.74, 6) is -0.875. The summed E-state index contributed by atoms with van der Waals surface area (Å²) >= 11 is 0. The van der Waals surface area contributed by atoms with Crippen molar-refractivity contribution >= 4 is 17.5 Å².